The molecule has 0 atom stereocenters. The average Bonchev–Trinajstić information content (AvgIpc) is 2.51. The third-order valence-electron chi connectivity index (χ3n) is 4.16. The number of aryl methyl sites for hydroxylation is 2. The molecular weight excluding hydrogens is 266 g/mol. The number of fused-ring (bicyclic) bond motifs is 1. The van der Waals surface area contributed by atoms with Crippen LogP contribution >= 0.6 is 0 Å². The number of aromatic nitrogens is 1. The lowest BCUT2D eigenvalue weighted by Gasteiger charge is -2.29. The second-order valence-electron chi connectivity index (χ2n) is 5.47. The van der Waals surface area contributed by atoms with Gasteiger partial charge in [-0.1, -0.05) is 12.1 Å². The Balaban J connectivity index is 2.22. The van der Waals surface area contributed by atoms with E-state index in [1.807, 2.05) is 26.0 Å². The van der Waals surface area contributed by atoms with E-state index in [2.05, 4.69) is 10.2 Å². The van der Waals surface area contributed by atoms with Crippen LogP contribution < -0.4 is 10.2 Å². The molecule has 2 heterocycles. The van der Waals surface area contributed by atoms with Gasteiger partial charge in [0.15, 0.2) is 0 Å². The molecule has 0 aliphatic carbocycles. The fourth-order valence-corrected chi connectivity index (χ4v) is 2.75. The summed E-state index contributed by atoms with van der Waals surface area (Å²) in [5, 5.41) is 13.5. The van der Waals surface area contributed by atoms with Crippen molar-refractivity contribution in [2.75, 3.05) is 31.1 Å². The fraction of sp³-hybridized carbons (Fsp3) is 0.375. The Hall–Kier alpha value is -2.14. The molecule has 3 rings (SSSR count). The lowest BCUT2D eigenvalue weighted by atomic mass is 10.0. The minimum absolute atomic E-state index is 0.330. The molecule has 110 valence electrons. The van der Waals surface area contributed by atoms with Crippen molar-refractivity contribution in [1.29, 1.82) is 0 Å². The zero-order valence-electron chi connectivity index (χ0n) is 12.3. The minimum Gasteiger partial charge on any atom is -0.478 e. The van der Waals surface area contributed by atoms with Gasteiger partial charge in [-0.25, -0.2) is 9.78 Å². The maximum Gasteiger partial charge on any atom is 0.336 e. The summed E-state index contributed by atoms with van der Waals surface area (Å²) >= 11 is 0. The van der Waals surface area contributed by atoms with E-state index in [0.717, 1.165) is 48.6 Å². The third-order valence-corrected chi connectivity index (χ3v) is 4.16. The highest BCUT2D eigenvalue weighted by Crippen LogP contribution is 2.27. The van der Waals surface area contributed by atoms with Gasteiger partial charge in [0.25, 0.3) is 0 Å². The number of aromatic carboxylic acids is 1. The van der Waals surface area contributed by atoms with Crippen LogP contribution in [0.25, 0.3) is 10.9 Å². The van der Waals surface area contributed by atoms with Crippen molar-refractivity contribution in [3.8, 4) is 0 Å². The summed E-state index contributed by atoms with van der Waals surface area (Å²) in [6.45, 7) is 7.51. The maximum atomic E-state index is 11.6. The van der Waals surface area contributed by atoms with Crippen molar-refractivity contribution in [1.82, 2.24) is 10.3 Å². The van der Waals surface area contributed by atoms with E-state index in [0.29, 0.717) is 10.9 Å². The summed E-state index contributed by atoms with van der Waals surface area (Å²) in [6.07, 6.45) is 0. The number of benzene rings is 1. The van der Waals surface area contributed by atoms with Gasteiger partial charge in [-0.2, -0.15) is 0 Å². The average molecular weight is 285 g/mol. The number of pyridine rings is 1. The fourth-order valence-electron chi connectivity index (χ4n) is 2.75. The van der Waals surface area contributed by atoms with Crippen LogP contribution in [0.3, 0.4) is 0 Å². The normalized spacial score (nSPS) is 15.4. The number of hydrogen-bond donors (Lipinski definition) is 2. The highest BCUT2D eigenvalue weighted by atomic mass is 16.4. The molecule has 0 amide bonds. The molecule has 1 aromatic heterocycles. The van der Waals surface area contributed by atoms with Gasteiger partial charge >= 0.3 is 5.97 Å². The molecule has 1 fully saturated rings. The Morgan fingerprint density at radius 3 is 2.67 bits per heavy atom. The van der Waals surface area contributed by atoms with E-state index in [4.69, 9.17) is 4.98 Å². The van der Waals surface area contributed by atoms with E-state index in [1.165, 1.54) is 0 Å². The van der Waals surface area contributed by atoms with E-state index < -0.39 is 5.97 Å². The van der Waals surface area contributed by atoms with Crippen LogP contribution in [0, 0.1) is 13.8 Å². The summed E-state index contributed by atoms with van der Waals surface area (Å²) in [5.41, 5.74) is 3.30. The number of rotatable bonds is 2. The number of nitrogens with zero attached hydrogens (tertiary/aromatic N) is 2. The van der Waals surface area contributed by atoms with E-state index in [-0.39, 0.29) is 0 Å². The van der Waals surface area contributed by atoms with Crippen LogP contribution in [0.1, 0.15) is 21.5 Å². The number of hydrogen-bond acceptors (Lipinski definition) is 4. The van der Waals surface area contributed by atoms with Crippen LogP contribution in [0.15, 0.2) is 18.2 Å². The van der Waals surface area contributed by atoms with Crippen LogP contribution in [-0.4, -0.2) is 42.2 Å². The predicted octanol–water partition coefficient (Wildman–Crippen LogP) is 1.96. The largest absolute Gasteiger partial charge is 0.478 e. The van der Waals surface area contributed by atoms with Gasteiger partial charge in [0.2, 0.25) is 0 Å². The molecule has 21 heavy (non-hydrogen) atoms. The molecule has 2 N–H and O–H groups in total. The van der Waals surface area contributed by atoms with Gasteiger partial charge in [0, 0.05) is 31.6 Å². The monoisotopic (exact) mass is 285 g/mol. The van der Waals surface area contributed by atoms with Gasteiger partial charge in [-0.15, -0.1) is 0 Å². The Labute approximate surface area is 123 Å². The molecule has 1 aliphatic rings. The van der Waals surface area contributed by atoms with Crippen LogP contribution in [0.4, 0.5) is 5.82 Å². The molecule has 1 aliphatic heterocycles. The first-order chi connectivity index (χ1) is 10.1. The van der Waals surface area contributed by atoms with Gasteiger partial charge in [-0.05, 0) is 31.0 Å². The topological polar surface area (TPSA) is 65.5 Å². The van der Waals surface area contributed by atoms with Crippen molar-refractivity contribution in [2.24, 2.45) is 0 Å². The summed E-state index contributed by atoms with van der Waals surface area (Å²) in [7, 11) is 0. The molecule has 0 radical (unpaired) electrons. The molecule has 0 saturated carbocycles. The first kappa shape index (κ1) is 13.8. The molecule has 0 spiro atoms. The van der Waals surface area contributed by atoms with Crippen LogP contribution in [0.5, 0.6) is 0 Å². The Kier molecular flexibility index (Phi) is 3.51. The number of carboxylic acid groups (broad SMARTS) is 1. The number of carbonyl (C=O) groups is 1. The van der Waals surface area contributed by atoms with Gasteiger partial charge in [-0.3, -0.25) is 0 Å². The molecule has 0 bridgehead atoms. The Bertz CT molecular complexity index is 706. The molecule has 2 aromatic rings. The van der Waals surface area contributed by atoms with Crippen molar-refractivity contribution in [3.63, 3.8) is 0 Å². The lowest BCUT2D eigenvalue weighted by molar-refractivity contribution is 0.0699. The van der Waals surface area contributed by atoms with Crippen molar-refractivity contribution in [3.05, 3.63) is 34.9 Å². The van der Waals surface area contributed by atoms with E-state index >= 15 is 0 Å². The summed E-state index contributed by atoms with van der Waals surface area (Å²) in [5.74, 6) is -0.142. The van der Waals surface area contributed by atoms with Gasteiger partial charge < -0.3 is 15.3 Å². The molecule has 5 nitrogen and oxygen atoms in total. The second-order valence-corrected chi connectivity index (χ2v) is 5.47. The van der Waals surface area contributed by atoms with E-state index in [9.17, 15) is 9.90 Å². The Morgan fingerprint density at radius 1 is 1.29 bits per heavy atom. The molecular formula is C16H19N3O2. The first-order valence-corrected chi connectivity index (χ1v) is 7.18. The molecule has 1 saturated heterocycles. The van der Waals surface area contributed by atoms with Crippen molar-refractivity contribution < 1.29 is 9.90 Å². The zero-order chi connectivity index (χ0) is 15.0. The SMILES string of the molecule is Cc1ccc2c(C(=O)O)cc(N3CCNCC3)nc2c1C. The number of anilines is 1. The zero-order valence-corrected chi connectivity index (χ0v) is 12.3. The van der Waals surface area contributed by atoms with Crippen molar-refractivity contribution in [2.45, 2.75) is 13.8 Å². The van der Waals surface area contributed by atoms with Crippen LogP contribution in [0.2, 0.25) is 0 Å². The first-order valence-electron chi connectivity index (χ1n) is 7.18. The maximum absolute atomic E-state index is 11.6. The second kappa shape index (κ2) is 5.33. The molecule has 0 unspecified atom stereocenters. The number of nitrogens with one attached hydrogen (secondary N) is 1. The summed E-state index contributed by atoms with van der Waals surface area (Å²) < 4.78 is 0. The minimum atomic E-state index is -0.901. The van der Waals surface area contributed by atoms with Gasteiger partial charge in [0.1, 0.15) is 5.82 Å². The van der Waals surface area contributed by atoms with Crippen LogP contribution in [-0.2, 0) is 0 Å². The predicted molar refractivity (Wildman–Crippen MR) is 83.3 cm³/mol. The quantitative estimate of drug-likeness (QED) is 0.883. The highest BCUT2D eigenvalue weighted by molar-refractivity contribution is 6.04. The molecule has 5 heteroatoms. The smallest absolute Gasteiger partial charge is 0.336 e. The molecule has 1 aromatic carbocycles. The number of carboxylic acids is 1. The van der Waals surface area contributed by atoms with E-state index in [1.54, 1.807) is 6.07 Å². The Morgan fingerprint density at radius 2 is 2.00 bits per heavy atom. The van der Waals surface area contributed by atoms with Gasteiger partial charge in [0.05, 0.1) is 11.1 Å². The summed E-state index contributed by atoms with van der Waals surface area (Å²) in [4.78, 5) is 18.5. The number of piperazine rings is 1. The third kappa shape index (κ3) is 2.45. The summed E-state index contributed by atoms with van der Waals surface area (Å²) in [6, 6.07) is 5.51. The lowest BCUT2D eigenvalue weighted by Crippen LogP contribution is -2.44. The standard InChI is InChI=1S/C16H19N3O2/c1-10-3-4-12-13(16(20)21)9-14(18-15(12)11(10)2)19-7-5-17-6-8-19/h3-4,9,17H,5-8H2,1-2H3,(H,20,21). The highest BCUT2D eigenvalue weighted by Gasteiger charge is 2.18. The van der Waals surface area contributed by atoms with Crippen molar-refractivity contribution >= 4 is 22.7 Å².